The third-order valence-corrected chi connectivity index (χ3v) is 1.75. The van der Waals surface area contributed by atoms with E-state index in [0.717, 1.165) is 12.2 Å². The van der Waals surface area contributed by atoms with Gasteiger partial charge in [-0.05, 0) is 24.1 Å². The number of hydrogen-bond donors (Lipinski definition) is 1. The average molecular weight is 194 g/mol. The van der Waals surface area contributed by atoms with Crippen LogP contribution in [-0.4, -0.2) is 18.5 Å². The van der Waals surface area contributed by atoms with Gasteiger partial charge in [0.05, 0.1) is 0 Å². The Bertz CT molecular complexity index is 266. The molecule has 0 bridgehead atoms. The zero-order valence-electron chi connectivity index (χ0n) is 7.98. The van der Waals surface area contributed by atoms with Crippen molar-refractivity contribution in [3.63, 3.8) is 0 Å². The lowest BCUT2D eigenvalue weighted by molar-refractivity contribution is -0.245. The van der Waals surface area contributed by atoms with Crippen LogP contribution in [0.3, 0.4) is 0 Å². The normalized spacial score (nSPS) is 9.79. The fraction of sp³-hybridized carbons (Fsp3) is 0.273. The Morgan fingerprint density at radius 3 is 2.50 bits per heavy atom. The molecule has 0 aliphatic heterocycles. The average Bonchev–Trinajstić information content (AvgIpc) is 2.21. The van der Waals surface area contributed by atoms with Crippen molar-refractivity contribution in [3.8, 4) is 5.75 Å². The zero-order chi connectivity index (χ0) is 10.2. The molecule has 1 N–H and O–H groups in total. The van der Waals surface area contributed by atoms with E-state index in [4.69, 9.17) is 9.99 Å². The Labute approximate surface area is 83.5 Å². The molecule has 1 aromatic carbocycles. The summed E-state index contributed by atoms with van der Waals surface area (Å²) in [5.74, 6) is 0.773. The number of allylic oxidation sites excluding steroid dienone is 1. The van der Waals surface area contributed by atoms with Crippen molar-refractivity contribution in [1.29, 1.82) is 0 Å². The second-order valence-corrected chi connectivity index (χ2v) is 2.82. The Balaban J connectivity index is 2.42. The highest BCUT2D eigenvalue weighted by Crippen LogP contribution is 2.12. The summed E-state index contributed by atoms with van der Waals surface area (Å²) in [4.78, 5) is 3.89. The maximum absolute atomic E-state index is 8.07. The first-order valence-electron chi connectivity index (χ1n) is 4.46. The van der Waals surface area contributed by atoms with Crippen molar-refractivity contribution in [2.45, 2.75) is 6.42 Å². The van der Waals surface area contributed by atoms with E-state index in [-0.39, 0.29) is 6.61 Å². The summed E-state index contributed by atoms with van der Waals surface area (Å²) >= 11 is 0. The fourth-order valence-corrected chi connectivity index (χ4v) is 1.09. The predicted molar refractivity (Wildman–Crippen MR) is 54.4 cm³/mol. The monoisotopic (exact) mass is 194 g/mol. The standard InChI is InChI=1S/C11H14O3/c1-2-3-10-4-6-11(7-5-10)13-8-9-14-12/h2,4-7,12H,1,3,8-9H2. The molecule has 0 radical (unpaired) electrons. The molecule has 76 valence electrons. The molecule has 0 atom stereocenters. The molecular formula is C11H14O3. The molecule has 0 aliphatic rings. The Morgan fingerprint density at radius 1 is 1.21 bits per heavy atom. The van der Waals surface area contributed by atoms with Gasteiger partial charge in [-0.1, -0.05) is 18.2 Å². The minimum atomic E-state index is 0.175. The van der Waals surface area contributed by atoms with Crippen LogP contribution in [0, 0.1) is 0 Å². The van der Waals surface area contributed by atoms with Crippen molar-refractivity contribution < 1.29 is 14.9 Å². The zero-order valence-corrected chi connectivity index (χ0v) is 7.98. The third-order valence-electron chi connectivity index (χ3n) is 1.75. The van der Waals surface area contributed by atoms with Crippen molar-refractivity contribution in [2.24, 2.45) is 0 Å². The molecule has 0 fully saturated rings. The van der Waals surface area contributed by atoms with E-state index in [0.29, 0.717) is 6.61 Å². The van der Waals surface area contributed by atoms with Crippen molar-refractivity contribution in [2.75, 3.05) is 13.2 Å². The van der Waals surface area contributed by atoms with Crippen molar-refractivity contribution >= 4 is 0 Å². The summed E-state index contributed by atoms with van der Waals surface area (Å²) in [6, 6.07) is 7.74. The highest BCUT2D eigenvalue weighted by molar-refractivity contribution is 5.28. The van der Waals surface area contributed by atoms with Crippen LogP contribution in [0.15, 0.2) is 36.9 Å². The SMILES string of the molecule is C=CCc1ccc(OCCOO)cc1. The topological polar surface area (TPSA) is 38.7 Å². The quantitative estimate of drug-likeness (QED) is 0.327. The van der Waals surface area contributed by atoms with Crippen molar-refractivity contribution in [3.05, 3.63) is 42.5 Å². The van der Waals surface area contributed by atoms with E-state index >= 15 is 0 Å². The Morgan fingerprint density at radius 2 is 1.93 bits per heavy atom. The first-order chi connectivity index (χ1) is 6.86. The second kappa shape index (κ2) is 6.18. The molecule has 0 unspecified atom stereocenters. The number of rotatable bonds is 6. The van der Waals surface area contributed by atoms with E-state index in [1.54, 1.807) is 0 Å². The summed E-state index contributed by atoms with van der Waals surface area (Å²) in [7, 11) is 0. The third kappa shape index (κ3) is 3.60. The largest absolute Gasteiger partial charge is 0.491 e. The number of benzene rings is 1. The summed E-state index contributed by atoms with van der Waals surface area (Å²) in [6.07, 6.45) is 2.72. The Hall–Kier alpha value is -1.32. The van der Waals surface area contributed by atoms with Crippen molar-refractivity contribution in [1.82, 2.24) is 0 Å². The van der Waals surface area contributed by atoms with Gasteiger partial charge in [0, 0.05) is 0 Å². The summed E-state index contributed by atoms with van der Waals surface area (Å²) in [5.41, 5.74) is 1.20. The van der Waals surface area contributed by atoms with Crippen LogP contribution >= 0.6 is 0 Å². The molecule has 0 heterocycles. The fourth-order valence-electron chi connectivity index (χ4n) is 1.09. The van der Waals surface area contributed by atoms with E-state index in [9.17, 15) is 0 Å². The lowest BCUT2D eigenvalue weighted by atomic mass is 10.1. The molecule has 3 heteroatoms. The molecule has 1 aromatic rings. The van der Waals surface area contributed by atoms with Gasteiger partial charge in [-0.3, -0.25) is 5.26 Å². The van der Waals surface area contributed by atoms with Crippen LogP contribution < -0.4 is 4.74 Å². The minimum absolute atomic E-state index is 0.175. The van der Waals surface area contributed by atoms with E-state index in [1.165, 1.54) is 5.56 Å². The second-order valence-electron chi connectivity index (χ2n) is 2.82. The van der Waals surface area contributed by atoms with Gasteiger partial charge < -0.3 is 4.74 Å². The van der Waals surface area contributed by atoms with Crippen LogP contribution in [-0.2, 0) is 11.3 Å². The van der Waals surface area contributed by atoms with Gasteiger partial charge in [0.25, 0.3) is 0 Å². The molecular weight excluding hydrogens is 180 g/mol. The highest BCUT2D eigenvalue weighted by Gasteiger charge is 1.94. The first kappa shape index (κ1) is 10.8. The minimum Gasteiger partial charge on any atom is -0.491 e. The van der Waals surface area contributed by atoms with Gasteiger partial charge in [0.1, 0.15) is 19.0 Å². The molecule has 1 rings (SSSR count). The smallest absolute Gasteiger partial charge is 0.119 e. The lowest BCUT2D eigenvalue weighted by Crippen LogP contribution is -2.04. The molecule has 3 nitrogen and oxygen atoms in total. The molecule has 0 spiro atoms. The van der Waals surface area contributed by atoms with Gasteiger partial charge in [-0.15, -0.1) is 6.58 Å². The lowest BCUT2D eigenvalue weighted by Gasteiger charge is -2.04. The number of hydrogen-bond acceptors (Lipinski definition) is 3. The molecule has 0 amide bonds. The van der Waals surface area contributed by atoms with Crippen LogP contribution in [0.2, 0.25) is 0 Å². The molecule has 0 saturated heterocycles. The summed E-state index contributed by atoms with van der Waals surface area (Å²) in [6.45, 7) is 4.18. The maximum Gasteiger partial charge on any atom is 0.119 e. The van der Waals surface area contributed by atoms with Gasteiger partial charge in [0.15, 0.2) is 0 Å². The van der Waals surface area contributed by atoms with E-state index in [1.807, 2.05) is 30.3 Å². The van der Waals surface area contributed by atoms with Crippen LogP contribution in [0.25, 0.3) is 0 Å². The van der Waals surface area contributed by atoms with Crippen LogP contribution in [0.5, 0.6) is 5.75 Å². The van der Waals surface area contributed by atoms with Crippen LogP contribution in [0.1, 0.15) is 5.56 Å². The van der Waals surface area contributed by atoms with Gasteiger partial charge in [0.2, 0.25) is 0 Å². The van der Waals surface area contributed by atoms with E-state index in [2.05, 4.69) is 11.5 Å². The first-order valence-corrected chi connectivity index (χ1v) is 4.46. The maximum atomic E-state index is 8.07. The van der Waals surface area contributed by atoms with Gasteiger partial charge in [-0.2, -0.15) is 0 Å². The van der Waals surface area contributed by atoms with Crippen LogP contribution in [0.4, 0.5) is 0 Å². The predicted octanol–water partition coefficient (Wildman–Crippen LogP) is 2.28. The summed E-state index contributed by atoms with van der Waals surface area (Å²) in [5, 5.41) is 8.07. The molecule has 14 heavy (non-hydrogen) atoms. The summed E-state index contributed by atoms with van der Waals surface area (Å²) < 4.78 is 5.27. The highest BCUT2D eigenvalue weighted by atomic mass is 17.1. The van der Waals surface area contributed by atoms with Gasteiger partial charge >= 0.3 is 0 Å². The molecule has 0 aliphatic carbocycles. The molecule has 0 saturated carbocycles. The van der Waals surface area contributed by atoms with E-state index < -0.39 is 0 Å². The Kier molecular flexibility index (Phi) is 4.75. The van der Waals surface area contributed by atoms with Gasteiger partial charge in [-0.25, -0.2) is 4.89 Å². The number of ether oxygens (including phenoxy) is 1. The molecule has 0 aromatic heterocycles.